The number of nitrogens with one attached hydrogen (secondary N) is 2. The third-order valence-electron chi connectivity index (χ3n) is 3.28. The van der Waals surface area contributed by atoms with E-state index in [1.807, 2.05) is 4.98 Å². The van der Waals surface area contributed by atoms with Gasteiger partial charge in [0.1, 0.15) is 11.4 Å². The van der Waals surface area contributed by atoms with E-state index in [0.717, 1.165) is 0 Å². The van der Waals surface area contributed by atoms with E-state index in [0.29, 0.717) is 23.5 Å². The van der Waals surface area contributed by atoms with Gasteiger partial charge in [-0.2, -0.15) is 13.2 Å². The fourth-order valence-electron chi connectivity index (χ4n) is 2.05. The van der Waals surface area contributed by atoms with Crippen molar-refractivity contribution in [3.63, 3.8) is 0 Å². The zero-order valence-electron chi connectivity index (χ0n) is 12.4. The van der Waals surface area contributed by atoms with Crippen molar-refractivity contribution in [3.05, 3.63) is 70.3 Å². The number of hydrogen-bond acceptors (Lipinski definition) is 4. The zero-order chi connectivity index (χ0) is 18.0. The average Bonchev–Trinajstić information content (AvgIpc) is 3.07. The van der Waals surface area contributed by atoms with Crippen molar-refractivity contribution in [1.82, 2.24) is 10.1 Å². The molecule has 1 aromatic carbocycles. The number of aromatic nitrogens is 2. The van der Waals surface area contributed by atoms with Gasteiger partial charge in [-0.3, -0.25) is 9.59 Å². The standard InChI is InChI=1S/C16H10F3N3O3/c17-16(18,19)10-6-12(14(23)20-8-10)21-15(24)13-7-11(22-25-13)9-4-2-1-3-5-9/h1-8H,(H,20,23)(H,21,24). The summed E-state index contributed by atoms with van der Waals surface area (Å²) in [5, 5.41) is 5.81. The van der Waals surface area contributed by atoms with Gasteiger partial charge in [0.05, 0.1) is 5.56 Å². The molecule has 0 atom stereocenters. The summed E-state index contributed by atoms with van der Waals surface area (Å²) in [6, 6.07) is 10.7. The lowest BCUT2D eigenvalue weighted by Crippen LogP contribution is -2.21. The van der Waals surface area contributed by atoms with Crippen LogP contribution in [0.3, 0.4) is 0 Å². The molecule has 0 bridgehead atoms. The van der Waals surface area contributed by atoms with Crippen LogP contribution in [-0.2, 0) is 6.18 Å². The number of nitrogens with zero attached hydrogens (tertiary/aromatic N) is 1. The fourth-order valence-corrected chi connectivity index (χ4v) is 2.05. The third-order valence-corrected chi connectivity index (χ3v) is 3.28. The Labute approximate surface area is 138 Å². The SMILES string of the molecule is O=C(Nc1cc(C(F)(F)F)c[nH]c1=O)c1cc(-c2ccccc2)no1. The van der Waals surface area contributed by atoms with Crippen LogP contribution in [0.25, 0.3) is 11.3 Å². The van der Waals surface area contributed by atoms with Crippen LogP contribution in [-0.4, -0.2) is 16.0 Å². The van der Waals surface area contributed by atoms with Crippen molar-refractivity contribution < 1.29 is 22.5 Å². The molecular formula is C16H10F3N3O3. The maximum Gasteiger partial charge on any atom is 0.417 e. The van der Waals surface area contributed by atoms with E-state index in [9.17, 15) is 22.8 Å². The first-order valence-corrected chi connectivity index (χ1v) is 6.98. The number of hydrogen-bond donors (Lipinski definition) is 2. The Balaban J connectivity index is 1.84. The molecule has 9 heteroatoms. The molecule has 2 heterocycles. The predicted octanol–water partition coefficient (Wildman–Crippen LogP) is 3.30. The Morgan fingerprint density at radius 3 is 2.56 bits per heavy atom. The third kappa shape index (κ3) is 3.60. The molecular weight excluding hydrogens is 339 g/mol. The highest BCUT2D eigenvalue weighted by Crippen LogP contribution is 2.29. The van der Waals surface area contributed by atoms with Crippen LogP contribution in [0.4, 0.5) is 18.9 Å². The fraction of sp³-hybridized carbons (Fsp3) is 0.0625. The van der Waals surface area contributed by atoms with Crippen LogP contribution in [0.5, 0.6) is 0 Å². The maximum absolute atomic E-state index is 12.7. The van der Waals surface area contributed by atoms with E-state index in [4.69, 9.17) is 4.52 Å². The lowest BCUT2D eigenvalue weighted by atomic mass is 10.1. The van der Waals surface area contributed by atoms with Crippen molar-refractivity contribution in [1.29, 1.82) is 0 Å². The molecule has 3 rings (SSSR count). The number of halogens is 3. The van der Waals surface area contributed by atoms with Crippen LogP contribution in [0.15, 0.2) is 58.0 Å². The molecule has 2 N–H and O–H groups in total. The van der Waals surface area contributed by atoms with Gasteiger partial charge in [0, 0.05) is 17.8 Å². The van der Waals surface area contributed by atoms with Crippen LogP contribution in [0, 0.1) is 0 Å². The number of alkyl halides is 3. The minimum absolute atomic E-state index is 0.240. The number of aromatic amines is 1. The highest BCUT2D eigenvalue weighted by molar-refractivity contribution is 6.02. The minimum Gasteiger partial charge on any atom is -0.350 e. The van der Waals surface area contributed by atoms with Gasteiger partial charge in [0.25, 0.3) is 11.5 Å². The Morgan fingerprint density at radius 2 is 1.88 bits per heavy atom. The molecule has 25 heavy (non-hydrogen) atoms. The summed E-state index contributed by atoms with van der Waals surface area (Å²) in [5.41, 5.74) is -1.43. The van der Waals surface area contributed by atoms with E-state index in [1.54, 1.807) is 30.3 Å². The van der Waals surface area contributed by atoms with Gasteiger partial charge >= 0.3 is 6.18 Å². The Hall–Kier alpha value is -3.36. The molecule has 0 aliphatic heterocycles. The number of amides is 1. The molecule has 0 aliphatic rings. The average molecular weight is 349 g/mol. The maximum atomic E-state index is 12.7. The number of H-pyrrole nitrogens is 1. The van der Waals surface area contributed by atoms with Gasteiger partial charge in [-0.05, 0) is 6.07 Å². The van der Waals surface area contributed by atoms with Gasteiger partial charge in [0.2, 0.25) is 5.76 Å². The van der Waals surface area contributed by atoms with Gasteiger partial charge in [-0.25, -0.2) is 0 Å². The summed E-state index contributed by atoms with van der Waals surface area (Å²) in [5.74, 6) is -1.13. The second kappa shape index (κ2) is 6.27. The van der Waals surface area contributed by atoms with E-state index < -0.39 is 28.9 Å². The summed E-state index contributed by atoms with van der Waals surface area (Å²) in [7, 11) is 0. The number of benzene rings is 1. The first kappa shape index (κ1) is 16.5. The lowest BCUT2D eigenvalue weighted by molar-refractivity contribution is -0.137. The van der Waals surface area contributed by atoms with Crippen molar-refractivity contribution in [2.75, 3.05) is 5.32 Å². The second-order valence-electron chi connectivity index (χ2n) is 5.03. The molecule has 1 amide bonds. The molecule has 0 unspecified atom stereocenters. The molecule has 0 spiro atoms. The summed E-state index contributed by atoms with van der Waals surface area (Å²) >= 11 is 0. The molecule has 3 aromatic rings. The van der Waals surface area contributed by atoms with E-state index >= 15 is 0 Å². The summed E-state index contributed by atoms with van der Waals surface area (Å²) < 4.78 is 43.0. The van der Waals surface area contributed by atoms with Gasteiger partial charge in [-0.15, -0.1) is 0 Å². The molecule has 0 saturated heterocycles. The van der Waals surface area contributed by atoms with Crippen LogP contribution in [0.1, 0.15) is 16.1 Å². The number of carbonyl (C=O) groups is 1. The van der Waals surface area contributed by atoms with Crippen LogP contribution in [0.2, 0.25) is 0 Å². The molecule has 128 valence electrons. The van der Waals surface area contributed by atoms with Crippen LogP contribution < -0.4 is 10.9 Å². The Bertz CT molecular complexity index is 962. The van der Waals surface area contributed by atoms with Gasteiger partial charge < -0.3 is 14.8 Å². The Kier molecular flexibility index (Phi) is 4.14. The molecule has 0 radical (unpaired) electrons. The second-order valence-corrected chi connectivity index (χ2v) is 5.03. The molecule has 0 fully saturated rings. The lowest BCUT2D eigenvalue weighted by Gasteiger charge is -2.08. The molecule has 2 aromatic heterocycles. The monoisotopic (exact) mass is 349 g/mol. The number of rotatable bonds is 3. The van der Waals surface area contributed by atoms with Crippen molar-refractivity contribution in [2.24, 2.45) is 0 Å². The zero-order valence-corrected chi connectivity index (χ0v) is 12.4. The summed E-state index contributed by atoms with van der Waals surface area (Å²) in [6.45, 7) is 0. The van der Waals surface area contributed by atoms with Crippen molar-refractivity contribution in [3.8, 4) is 11.3 Å². The highest BCUT2D eigenvalue weighted by atomic mass is 19.4. The number of anilines is 1. The van der Waals surface area contributed by atoms with E-state index in [1.165, 1.54) is 6.07 Å². The van der Waals surface area contributed by atoms with E-state index in [-0.39, 0.29) is 5.76 Å². The summed E-state index contributed by atoms with van der Waals surface area (Å²) in [6.07, 6.45) is -4.13. The largest absolute Gasteiger partial charge is 0.417 e. The van der Waals surface area contributed by atoms with Gasteiger partial charge in [-0.1, -0.05) is 35.5 Å². The first-order valence-electron chi connectivity index (χ1n) is 6.98. The number of carbonyl (C=O) groups excluding carboxylic acids is 1. The normalized spacial score (nSPS) is 11.3. The Morgan fingerprint density at radius 1 is 1.16 bits per heavy atom. The highest BCUT2D eigenvalue weighted by Gasteiger charge is 2.31. The van der Waals surface area contributed by atoms with E-state index in [2.05, 4.69) is 10.5 Å². The predicted molar refractivity (Wildman–Crippen MR) is 82.0 cm³/mol. The number of pyridine rings is 1. The molecule has 0 saturated carbocycles. The molecule has 0 aliphatic carbocycles. The molecule has 6 nitrogen and oxygen atoms in total. The first-order chi connectivity index (χ1) is 11.8. The smallest absolute Gasteiger partial charge is 0.350 e. The summed E-state index contributed by atoms with van der Waals surface area (Å²) in [4.78, 5) is 25.6. The topological polar surface area (TPSA) is 88.0 Å². The van der Waals surface area contributed by atoms with Gasteiger partial charge in [0.15, 0.2) is 0 Å². The van der Waals surface area contributed by atoms with Crippen molar-refractivity contribution >= 4 is 11.6 Å². The minimum atomic E-state index is -4.66. The van der Waals surface area contributed by atoms with Crippen molar-refractivity contribution in [2.45, 2.75) is 6.18 Å². The quantitative estimate of drug-likeness (QED) is 0.759. The van der Waals surface area contributed by atoms with Crippen LogP contribution >= 0.6 is 0 Å².